The van der Waals surface area contributed by atoms with Crippen molar-refractivity contribution in [3.8, 4) is 5.75 Å². The average Bonchev–Trinajstić information content (AvgIpc) is 2.56. The normalized spacial score (nSPS) is 10.9. The van der Waals surface area contributed by atoms with Gasteiger partial charge in [-0.15, -0.1) is 0 Å². The third-order valence-corrected chi connectivity index (χ3v) is 3.62. The van der Waals surface area contributed by atoms with Crippen LogP contribution in [0.4, 0.5) is 0 Å². The lowest BCUT2D eigenvalue weighted by molar-refractivity contribution is -0.854. The smallest absolute Gasteiger partial charge is 0.230 e. The molecule has 0 radical (unpaired) electrons. The first-order valence-electron chi connectivity index (χ1n) is 6.97. The van der Waals surface area contributed by atoms with E-state index in [1.165, 1.54) is 5.39 Å². The Morgan fingerprint density at radius 2 is 1.33 bits per heavy atom. The maximum atomic E-state index is 6.12. The van der Waals surface area contributed by atoms with Gasteiger partial charge in [0.25, 0.3) is 5.52 Å². The molecule has 4 aromatic rings. The van der Waals surface area contributed by atoms with Crippen LogP contribution in [0.2, 0.25) is 0 Å². The van der Waals surface area contributed by atoms with Gasteiger partial charge in [0.05, 0.1) is 5.39 Å². The van der Waals surface area contributed by atoms with E-state index < -0.39 is 0 Å². The summed E-state index contributed by atoms with van der Waals surface area (Å²) >= 11 is 0. The molecule has 2 nitrogen and oxygen atoms in total. The first kappa shape index (κ1) is 11.9. The van der Waals surface area contributed by atoms with Crippen molar-refractivity contribution < 1.29 is 9.57 Å². The van der Waals surface area contributed by atoms with Gasteiger partial charge in [0.15, 0.2) is 0 Å². The van der Waals surface area contributed by atoms with Crippen molar-refractivity contribution in [1.29, 1.82) is 0 Å². The van der Waals surface area contributed by atoms with Crippen LogP contribution in [0.3, 0.4) is 0 Å². The Morgan fingerprint density at radius 3 is 2.29 bits per heavy atom. The second kappa shape index (κ2) is 4.91. The minimum atomic E-state index is 0.856. The Hall–Kier alpha value is -2.87. The molecule has 0 aliphatic rings. The van der Waals surface area contributed by atoms with E-state index in [4.69, 9.17) is 4.84 Å². The predicted molar refractivity (Wildman–Crippen MR) is 84.1 cm³/mol. The zero-order valence-corrected chi connectivity index (χ0v) is 11.4. The summed E-state index contributed by atoms with van der Waals surface area (Å²) in [6.45, 7) is 0. The van der Waals surface area contributed by atoms with E-state index in [0.29, 0.717) is 0 Å². The van der Waals surface area contributed by atoms with Gasteiger partial charge in [0.1, 0.15) is 0 Å². The number of para-hydroxylation sites is 1. The Kier molecular flexibility index (Phi) is 2.79. The van der Waals surface area contributed by atoms with E-state index >= 15 is 0 Å². The zero-order chi connectivity index (χ0) is 14.1. The van der Waals surface area contributed by atoms with Crippen LogP contribution < -0.4 is 9.57 Å². The van der Waals surface area contributed by atoms with Crippen molar-refractivity contribution in [2.45, 2.75) is 0 Å². The van der Waals surface area contributed by atoms with E-state index in [1.807, 2.05) is 53.4 Å². The van der Waals surface area contributed by atoms with Gasteiger partial charge >= 0.3 is 0 Å². The van der Waals surface area contributed by atoms with Gasteiger partial charge in [0, 0.05) is 22.2 Å². The second-order valence-corrected chi connectivity index (χ2v) is 4.96. The number of fused-ring (bicyclic) bond motifs is 2. The highest BCUT2D eigenvalue weighted by Crippen LogP contribution is 2.24. The van der Waals surface area contributed by atoms with Gasteiger partial charge in [-0.05, 0) is 23.6 Å². The van der Waals surface area contributed by atoms with Crippen molar-refractivity contribution in [3.63, 3.8) is 0 Å². The van der Waals surface area contributed by atoms with E-state index in [2.05, 4.69) is 36.4 Å². The van der Waals surface area contributed by atoms with E-state index in [1.54, 1.807) is 0 Å². The highest BCUT2D eigenvalue weighted by atomic mass is 16.7. The van der Waals surface area contributed by atoms with Crippen LogP contribution in [0.25, 0.3) is 21.7 Å². The lowest BCUT2D eigenvalue weighted by atomic mass is 10.1. The number of hydrogen-bond acceptors (Lipinski definition) is 1. The molecule has 100 valence electrons. The molecule has 0 amide bonds. The van der Waals surface area contributed by atoms with Gasteiger partial charge in [-0.3, -0.25) is 0 Å². The summed E-state index contributed by atoms with van der Waals surface area (Å²) in [5, 5.41) is 3.44. The summed E-state index contributed by atoms with van der Waals surface area (Å²) in [7, 11) is 0. The van der Waals surface area contributed by atoms with Crippen LogP contribution in [0.1, 0.15) is 0 Å². The number of hydrogen-bond donors (Lipinski definition) is 0. The third-order valence-electron chi connectivity index (χ3n) is 3.62. The lowest BCUT2D eigenvalue weighted by Crippen LogP contribution is -2.39. The number of aromatic nitrogens is 1. The fraction of sp³-hybridized carbons (Fsp3) is 0. The second-order valence-electron chi connectivity index (χ2n) is 4.96. The Morgan fingerprint density at radius 1 is 0.619 bits per heavy atom. The van der Waals surface area contributed by atoms with E-state index in [9.17, 15) is 0 Å². The van der Waals surface area contributed by atoms with Crippen molar-refractivity contribution >= 4 is 21.7 Å². The summed E-state index contributed by atoms with van der Waals surface area (Å²) < 4.78 is 1.82. The number of pyridine rings is 1. The number of rotatable bonds is 2. The van der Waals surface area contributed by atoms with Gasteiger partial charge in [0.2, 0.25) is 11.9 Å². The summed E-state index contributed by atoms with van der Waals surface area (Å²) in [5.41, 5.74) is 1.05. The minimum absolute atomic E-state index is 0.856. The van der Waals surface area contributed by atoms with Crippen LogP contribution in [0.5, 0.6) is 5.75 Å². The molecule has 0 N–H and O–H groups in total. The molecule has 4 rings (SSSR count). The van der Waals surface area contributed by atoms with E-state index in [-0.39, 0.29) is 0 Å². The molecule has 0 atom stereocenters. The minimum Gasteiger partial charge on any atom is -0.230 e. The maximum Gasteiger partial charge on any atom is 0.265 e. The molecular weight excluding hydrogens is 258 g/mol. The van der Waals surface area contributed by atoms with Gasteiger partial charge < -0.3 is 0 Å². The standard InChI is InChI=1S/C19H14NO/c1-3-11-17-15(7-1)9-5-13-19(17)21-20-14-6-10-16-8-2-4-12-18(16)20/h1-14H/q+1. The largest absolute Gasteiger partial charge is 0.265 e. The van der Waals surface area contributed by atoms with Crippen LogP contribution >= 0.6 is 0 Å². The third kappa shape index (κ3) is 2.11. The predicted octanol–water partition coefficient (Wildman–Crippen LogP) is 4.12. The van der Waals surface area contributed by atoms with Crippen LogP contribution in [0.15, 0.2) is 85.1 Å². The number of nitrogens with zero attached hydrogens (tertiary/aromatic N) is 1. The Balaban J connectivity index is 1.87. The molecule has 1 heterocycles. The van der Waals surface area contributed by atoms with Crippen LogP contribution in [0, 0.1) is 0 Å². The molecule has 1 aromatic heterocycles. The molecule has 0 aliphatic heterocycles. The summed E-state index contributed by atoms with van der Waals surface area (Å²) in [6.07, 6.45) is 1.93. The quantitative estimate of drug-likeness (QED) is 0.500. The molecular formula is C19H14NO+. The molecule has 0 saturated heterocycles. The van der Waals surface area contributed by atoms with Crippen molar-refractivity contribution in [3.05, 3.63) is 85.1 Å². The lowest BCUT2D eigenvalue weighted by Gasteiger charge is -2.04. The van der Waals surface area contributed by atoms with Crippen molar-refractivity contribution in [2.75, 3.05) is 0 Å². The molecule has 0 bridgehead atoms. The maximum absolute atomic E-state index is 6.12. The van der Waals surface area contributed by atoms with Gasteiger partial charge in [-0.2, -0.15) is 0 Å². The van der Waals surface area contributed by atoms with Crippen LogP contribution in [-0.2, 0) is 0 Å². The van der Waals surface area contributed by atoms with E-state index in [0.717, 1.165) is 22.0 Å². The summed E-state index contributed by atoms with van der Waals surface area (Å²) in [4.78, 5) is 6.12. The summed E-state index contributed by atoms with van der Waals surface area (Å²) in [6, 6.07) is 26.6. The number of benzene rings is 3. The van der Waals surface area contributed by atoms with Gasteiger partial charge in [-0.25, -0.2) is 4.84 Å². The highest BCUT2D eigenvalue weighted by molar-refractivity contribution is 5.88. The van der Waals surface area contributed by atoms with Crippen LogP contribution in [-0.4, -0.2) is 0 Å². The molecule has 0 unspecified atom stereocenters. The highest BCUT2D eigenvalue weighted by Gasteiger charge is 2.12. The first-order valence-corrected chi connectivity index (χ1v) is 6.97. The average molecular weight is 272 g/mol. The van der Waals surface area contributed by atoms with Gasteiger partial charge in [-0.1, -0.05) is 48.5 Å². The molecule has 0 spiro atoms. The summed E-state index contributed by atoms with van der Waals surface area (Å²) in [5.74, 6) is 0.856. The molecule has 0 fully saturated rings. The molecule has 0 saturated carbocycles. The monoisotopic (exact) mass is 272 g/mol. The molecule has 21 heavy (non-hydrogen) atoms. The zero-order valence-electron chi connectivity index (χ0n) is 11.4. The Bertz CT molecular complexity index is 843. The fourth-order valence-electron chi connectivity index (χ4n) is 2.60. The van der Waals surface area contributed by atoms with Crippen molar-refractivity contribution in [2.24, 2.45) is 0 Å². The SMILES string of the molecule is c1ccc2c(O[n+]3cccc4ccccc43)cccc2c1. The first-order chi connectivity index (χ1) is 10.4. The molecule has 2 heteroatoms. The Labute approximate surface area is 122 Å². The molecule has 3 aromatic carbocycles. The molecule has 0 aliphatic carbocycles. The van der Waals surface area contributed by atoms with Crippen molar-refractivity contribution in [1.82, 2.24) is 0 Å². The topological polar surface area (TPSA) is 13.1 Å². The fourth-order valence-corrected chi connectivity index (χ4v) is 2.60.